The Hall–Kier alpha value is -0.880. The Balaban J connectivity index is 4.88. The van der Waals surface area contributed by atoms with E-state index in [4.69, 9.17) is 6.42 Å². The molecule has 0 aromatic rings. The maximum absolute atomic E-state index is 13.4. The average Bonchev–Trinajstić information content (AvgIpc) is 2.24. The van der Waals surface area contributed by atoms with Gasteiger partial charge in [0.1, 0.15) is 0 Å². The lowest BCUT2D eigenvalue weighted by Gasteiger charge is -2.23. The molecule has 0 bridgehead atoms. The van der Waals surface area contributed by atoms with E-state index in [9.17, 15) is 18.1 Å². The predicted molar refractivity (Wildman–Crippen MR) is 53.4 cm³/mol. The van der Waals surface area contributed by atoms with Gasteiger partial charge in [-0.3, -0.25) is 0 Å². The number of rotatable bonds is 5. The molecule has 0 amide bonds. The molecular formula is C9H13F2O3P. The Morgan fingerprint density at radius 1 is 1.47 bits per heavy atom. The van der Waals surface area contributed by atoms with Crippen LogP contribution in [0.15, 0.2) is 0 Å². The fourth-order valence-electron chi connectivity index (χ4n) is 0.981. The number of hydrogen-bond donors (Lipinski definition) is 0. The normalized spacial score (nSPS) is 11.9. The highest BCUT2D eigenvalue weighted by atomic mass is 31.2. The maximum Gasteiger partial charge on any atom is 0.391 e. The van der Waals surface area contributed by atoms with Gasteiger partial charge in [-0.1, -0.05) is 19.8 Å². The van der Waals surface area contributed by atoms with E-state index in [1.165, 1.54) is 13.8 Å². The number of hydrogen-bond acceptors (Lipinski definition) is 3. The number of carbonyl (C=O) groups excluding carboxylic acids is 1. The van der Waals surface area contributed by atoms with Crippen LogP contribution in [0.2, 0.25) is 0 Å². The van der Waals surface area contributed by atoms with Gasteiger partial charge in [0.05, 0.1) is 0 Å². The molecule has 0 radical (unpaired) electrons. The number of esters is 1. The van der Waals surface area contributed by atoms with Crippen molar-refractivity contribution in [3.8, 4) is 12.3 Å². The number of terminal acetylenes is 1. The van der Waals surface area contributed by atoms with Crippen LogP contribution in [0.5, 0.6) is 0 Å². The average molecular weight is 238 g/mol. The number of carbonyl (C=O) groups is 1. The molecule has 0 aliphatic heterocycles. The van der Waals surface area contributed by atoms with Crippen LogP contribution < -0.4 is 0 Å². The predicted octanol–water partition coefficient (Wildman–Crippen LogP) is 2.16. The van der Waals surface area contributed by atoms with E-state index >= 15 is 0 Å². The third-order valence-electron chi connectivity index (χ3n) is 2.07. The lowest BCUT2D eigenvalue weighted by atomic mass is 10.7. The zero-order chi connectivity index (χ0) is 12.1. The van der Waals surface area contributed by atoms with Gasteiger partial charge in [0.15, 0.2) is 13.7 Å². The van der Waals surface area contributed by atoms with Gasteiger partial charge in [-0.15, -0.1) is 6.42 Å². The second kappa shape index (κ2) is 5.27. The summed E-state index contributed by atoms with van der Waals surface area (Å²) >= 11 is 0. The summed E-state index contributed by atoms with van der Waals surface area (Å²) in [4.78, 5) is 10.9. The summed E-state index contributed by atoms with van der Waals surface area (Å²) in [6.07, 6.45) is 4.26. The molecule has 0 rings (SSSR count). The molecule has 15 heavy (non-hydrogen) atoms. The molecule has 0 N–H and O–H groups in total. The SMILES string of the molecule is C#CCOC(=O)C(F)(F)P(=O)(CC)CC. The first-order chi connectivity index (χ1) is 6.85. The standard InChI is InChI=1S/C9H13F2O3P/c1-4-7-14-8(12)9(10,11)15(13,5-2)6-3/h1H,5-7H2,2-3H3. The van der Waals surface area contributed by atoms with Crippen LogP contribution in [0.1, 0.15) is 13.8 Å². The van der Waals surface area contributed by atoms with E-state index in [2.05, 4.69) is 4.74 Å². The number of alkyl halides is 2. The Morgan fingerprint density at radius 2 is 1.93 bits per heavy atom. The Morgan fingerprint density at radius 3 is 2.27 bits per heavy atom. The van der Waals surface area contributed by atoms with Crippen LogP contribution in [0.25, 0.3) is 0 Å². The van der Waals surface area contributed by atoms with Gasteiger partial charge < -0.3 is 9.30 Å². The van der Waals surface area contributed by atoms with Crippen molar-refractivity contribution in [3.63, 3.8) is 0 Å². The summed E-state index contributed by atoms with van der Waals surface area (Å²) in [5, 5.41) is 0. The molecule has 0 spiro atoms. The highest BCUT2D eigenvalue weighted by Gasteiger charge is 2.55. The second-order valence-electron chi connectivity index (χ2n) is 2.84. The summed E-state index contributed by atoms with van der Waals surface area (Å²) in [5.41, 5.74) is -3.94. The van der Waals surface area contributed by atoms with Crippen molar-refractivity contribution >= 4 is 13.1 Å². The molecule has 0 atom stereocenters. The van der Waals surface area contributed by atoms with Crippen molar-refractivity contribution in [1.29, 1.82) is 0 Å². The minimum atomic E-state index is -3.94. The van der Waals surface area contributed by atoms with E-state index in [0.29, 0.717) is 0 Å². The lowest BCUT2D eigenvalue weighted by molar-refractivity contribution is -0.159. The largest absolute Gasteiger partial charge is 0.448 e. The van der Waals surface area contributed by atoms with Crippen LogP contribution in [0.4, 0.5) is 8.78 Å². The highest BCUT2D eigenvalue weighted by molar-refractivity contribution is 7.66. The van der Waals surface area contributed by atoms with E-state index in [1.807, 2.05) is 5.92 Å². The summed E-state index contributed by atoms with van der Waals surface area (Å²) in [6, 6.07) is 0. The van der Waals surface area contributed by atoms with Crippen LogP contribution in [0.3, 0.4) is 0 Å². The van der Waals surface area contributed by atoms with Crippen LogP contribution in [-0.4, -0.2) is 30.6 Å². The summed E-state index contributed by atoms with van der Waals surface area (Å²) in [5.74, 6) is 0.0935. The molecule has 3 nitrogen and oxygen atoms in total. The number of ether oxygens (including phenoxy) is 1. The van der Waals surface area contributed by atoms with Crippen LogP contribution in [0, 0.1) is 12.3 Å². The van der Waals surface area contributed by atoms with Gasteiger partial charge in [0.25, 0.3) is 0 Å². The smallest absolute Gasteiger partial charge is 0.391 e. The highest BCUT2D eigenvalue weighted by Crippen LogP contribution is 2.59. The molecular weight excluding hydrogens is 225 g/mol. The fraction of sp³-hybridized carbons (Fsp3) is 0.667. The first kappa shape index (κ1) is 14.1. The first-order valence-electron chi connectivity index (χ1n) is 4.42. The number of halogens is 2. The monoisotopic (exact) mass is 238 g/mol. The second-order valence-corrected chi connectivity index (χ2v) is 6.45. The van der Waals surface area contributed by atoms with Gasteiger partial charge in [0.2, 0.25) is 0 Å². The summed E-state index contributed by atoms with van der Waals surface area (Å²) in [7, 11) is -3.86. The summed E-state index contributed by atoms with van der Waals surface area (Å²) in [6.45, 7) is 2.17. The van der Waals surface area contributed by atoms with Crippen molar-refractivity contribution < 1.29 is 22.9 Å². The van der Waals surface area contributed by atoms with Gasteiger partial charge in [-0.2, -0.15) is 8.78 Å². The van der Waals surface area contributed by atoms with Crippen molar-refractivity contribution in [1.82, 2.24) is 0 Å². The molecule has 86 valence electrons. The molecule has 0 aliphatic carbocycles. The zero-order valence-corrected chi connectivity index (χ0v) is 9.52. The summed E-state index contributed by atoms with van der Waals surface area (Å²) < 4.78 is 42.6. The van der Waals surface area contributed by atoms with Crippen LogP contribution in [-0.2, 0) is 14.1 Å². The molecule has 0 heterocycles. The van der Waals surface area contributed by atoms with Crippen molar-refractivity contribution in [3.05, 3.63) is 0 Å². The molecule has 0 aromatic carbocycles. The minimum absolute atomic E-state index is 0.248. The van der Waals surface area contributed by atoms with E-state index in [1.54, 1.807) is 0 Å². The third kappa shape index (κ3) is 2.79. The van der Waals surface area contributed by atoms with Crippen molar-refractivity contribution in [2.75, 3.05) is 18.9 Å². The maximum atomic E-state index is 13.4. The van der Waals surface area contributed by atoms with Crippen molar-refractivity contribution in [2.45, 2.75) is 19.5 Å². The molecule has 0 fully saturated rings. The van der Waals surface area contributed by atoms with Crippen molar-refractivity contribution in [2.24, 2.45) is 0 Å². The molecule has 0 unspecified atom stereocenters. The van der Waals surface area contributed by atoms with Gasteiger partial charge in [-0.05, 0) is 0 Å². The molecule has 0 saturated carbocycles. The van der Waals surface area contributed by atoms with Gasteiger partial charge in [-0.25, -0.2) is 4.79 Å². The minimum Gasteiger partial charge on any atom is -0.448 e. The Kier molecular flexibility index (Phi) is 4.96. The molecule has 6 heteroatoms. The van der Waals surface area contributed by atoms with E-state index < -0.39 is 25.4 Å². The molecule has 0 aliphatic rings. The fourth-order valence-corrected chi connectivity index (χ4v) is 2.62. The first-order valence-corrected chi connectivity index (χ1v) is 6.50. The van der Waals surface area contributed by atoms with E-state index in [0.717, 1.165) is 0 Å². The van der Waals surface area contributed by atoms with Crippen LogP contribution >= 0.6 is 7.14 Å². The topological polar surface area (TPSA) is 43.4 Å². The van der Waals surface area contributed by atoms with E-state index in [-0.39, 0.29) is 12.3 Å². The molecule has 0 aromatic heterocycles. The Labute approximate surface area is 87.6 Å². The lowest BCUT2D eigenvalue weighted by Crippen LogP contribution is -2.32. The third-order valence-corrected chi connectivity index (χ3v) is 5.32. The zero-order valence-electron chi connectivity index (χ0n) is 8.63. The molecule has 0 saturated heterocycles. The quantitative estimate of drug-likeness (QED) is 0.418. The van der Waals surface area contributed by atoms with Gasteiger partial charge in [0, 0.05) is 12.3 Å². The Bertz CT molecular complexity index is 312. The van der Waals surface area contributed by atoms with Gasteiger partial charge >= 0.3 is 11.6 Å².